The smallest absolute Gasteiger partial charge is 0.459 e. The van der Waals surface area contributed by atoms with Crippen LogP contribution in [0.15, 0.2) is 54.6 Å². The highest BCUT2D eigenvalue weighted by molar-refractivity contribution is 5.74. The van der Waals surface area contributed by atoms with Gasteiger partial charge in [0.15, 0.2) is 6.10 Å². The largest absolute Gasteiger partial charge is 0.573 e. The van der Waals surface area contributed by atoms with Crippen molar-refractivity contribution in [3.8, 4) is 5.75 Å². The first kappa shape index (κ1) is 17.8. The van der Waals surface area contributed by atoms with E-state index in [9.17, 15) is 23.1 Å². The number of halogens is 3. The maximum absolute atomic E-state index is 12.1. The third-order valence-electron chi connectivity index (χ3n) is 3.08. The van der Waals surface area contributed by atoms with Crippen molar-refractivity contribution in [2.45, 2.75) is 25.5 Å². The van der Waals surface area contributed by atoms with Gasteiger partial charge in [-0.25, -0.2) is 4.79 Å². The Labute approximate surface area is 136 Å². The normalized spacial score (nSPS) is 12.5. The Morgan fingerprint density at radius 3 is 2.21 bits per heavy atom. The van der Waals surface area contributed by atoms with Crippen LogP contribution in [0.25, 0.3) is 0 Å². The van der Waals surface area contributed by atoms with E-state index in [1.54, 1.807) is 24.3 Å². The van der Waals surface area contributed by atoms with E-state index in [1.165, 1.54) is 12.1 Å². The molecule has 4 nitrogen and oxygen atoms in total. The van der Waals surface area contributed by atoms with E-state index >= 15 is 0 Å². The Hall–Kier alpha value is -2.54. The third kappa shape index (κ3) is 5.92. The van der Waals surface area contributed by atoms with E-state index in [2.05, 4.69) is 4.74 Å². The lowest BCUT2D eigenvalue weighted by atomic mass is 10.1. The number of hydrogen-bond acceptors (Lipinski definition) is 4. The third-order valence-corrected chi connectivity index (χ3v) is 3.08. The molecule has 0 unspecified atom stereocenters. The standard InChI is InChI=1S/C17H15F3O4/c18-17(19,20)24-14-8-6-12(7-9-14)10-15(21)16(22)23-11-13-4-2-1-3-5-13/h1-9,15,21H,10-11H2/t15-/m1/s1. The molecule has 128 valence electrons. The summed E-state index contributed by atoms with van der Waals surface area (Å²) in [5, 5.41) is 9.82. The number of hydrogen-bond donors (Lipinski definition) is 1. The van der Waals surface area contributed by atoms with Crippen molar-refractivity contribution < 1.29 is 32.5 Å². The monoisotopic (exact) mass is 340 g/mol. The Morgan fingerprint density at radius 2 is 1.62 bits per heavy atom. The van der Waals surface area contributed by atoms with Gasteiger partial charge >= 0.3 is 12.3 Å². The quantitative estimate of drug-likeness (QED) is 0.821. The highest BCUT2D eigenvalue weighted by Gasteiger charge is 2.31. The minimum atomic E-state index is -4.76. The van der Waals surface area contributed by atoms with Crippen molar-refractivity contribution in [3.63, 3.8) is 0 Å². The van der Waals surface area contributed by atoms with Crippen LogP contribution in [0, 0.1) is 0 Å². The van der Waals surface area contributed by atoms with Crippen LogP contribution in [0.1, 0.15) is 11.1 Å². The summed E-state index contributed by atoms with van der Waals surface area (Å²) in [6.45, 7) is 0.0368. The van der Waals surface area contributed by atoms with Crippen molar-refractivity contribution in [1.29, 1.82) is 0 Å². The summed E-state index contributed by atoms with van der Waals surface area (Å²) < 4.78 is 44.9. The molecule has 2 aromatic carbocycles. The number of esters is 1. The molecule has 7 heteroatoms. The van der Waals surface area contributed by atoms with Gasteiger partial charge in [0, 0.05) is 6.42 Å². The number of ether oxygens (including phenoxy) is 2. The summed E-state index contributed by atoms with van der Waals surface area (Å²) in [4.78, 5) is 11.7. The van der Waals surface area contributed by atoms with Gasteiger partial charge < -0.3 is 14.6 Å². The Kier molecular flexibility index (Phi) is 5.81. The molecule has 0 saturated carbocycles. The molecule has 1 atom stereocenters. The lowest BCUT2D eigenvalue weighted by Crippen LogP contribution is -2.25. The van der Waals surface area contributed by atoms with Gasteiger partial charge in [-0.2, -0.15) is 0 Å². The van der Waals surface area contributed by atoms with E-state index in [0.29, 0.717) is 5.56 Å². The molecule has 0 aliphatic heterocycles. The maximum Gasteiger partial charge on any atom is 0.573 e. The molecule has 0 aliphatic carbocycles. The zero-order valence-corrected chi connectivity index (χ0v) is 12.5. The first-order chi connectivity index (χ1) is 11.3. The zero-order chi connectivity index (χ0) is 17.6. The van der Waals surface area contributed by atoms with Gasteiger partial charge in [0.2, 0.25) is 0 Å². The average molecular weight is 340 g/mol. The average Bonchev–Trinajstić information content (AvgIpc) is 2.54. The van der Waals surface area contributed by atoms with Crippen LogP contribution in [0.4, 0.5) is 13.2 Å². The molecule has 0 spiro atoms. The molecule has 2 rings (SSSR count). The number of aliphatic hydroxyl groups is 1. The van der Waals surface area contributed by atoms with Crippen LogP contribution in [-0.2, 0) is 22.6 Å². The van der Waals surface area contributed by atoms with Gasteiger partial charge in [0.25, 0.3) is 0 Å². The predicted molar refractivity (Wildman–Crippen MR) is 79.1 cm³/mol. The second kappa shape index (κ2) is 7.83. The van der Waals surface area contributed by atoms with Crippen LogP contribution in [0.3, 0.4) is 0 Å². The van der Waals surface area contributed by atoms with Crippen molar-refractivity contribution >= 4 is 5.97 Å². The number of benzene rings is 2. The number of rotatable bonds is 6. The van der Waals surface area contributed by atoms with Crippen molar-refractivity contribution in [2.75, 3.05) is 0 Å². The molecule has 0 fully saturated rings. The van der Waals surface area contributed by atoms with Gasteiger partial charge in [0.05, 0.1) is 0 Å². The van der Waals surface area contributed by atoms with E-state index in [0.717, 1.165) is 17.7 Å². The SMILES string of the molecule is O=C(OCc1ccccc1)[C@H](O)Cc1ccc(OC(F)(F)F)cc1. The van der Waals surface area contributed by atoms with Crippen LogP contribution in [0.2, 0.25) is 0 Å². The fraction of sp³-hybridized carbons (Fsp3) is 0.235. The second-order valence-electron chi connectivity index (χ2n) is 5.00. The van der Waals surface area contributed by atoms with Crippen LogP contribution in [0.5, 0.6) is 5.75 Å². The van der Waals surface area contributed by atoms with E-state index in [-0.39, 0.29) is 18.8 Å². The van der Waals surface area contributed by atoms with Gasteiger partial charge in [-0.3, -0.25) is 0 Å². The molecule has 0 aromatic heterocycles. The molecule has 1 N–H and O–H groups in total. The van der Waals surface area contributed by atoms with Gasteiger partial charge in [-0.1, -0.05) is 42.5 Å². The molecule has 0 heterocycles. The topological polar surface area (TPSA) is 55.8 Å². The minimum absolute atomic E-state index is 0.0368. The fourth-order valence-corrected chi connectivity index (χ4v) is 1.96. The molecular weight excluding hydrogens is 325 g/mol. The minimum Gasteiger partial charge on any atom is -0.459 e. The molecule has 2 aromatic rings. The number of carbonyl (C=O) groups is 1. The summed E-state index contributed by atoms with van der Waals surface area (Å²) in [5.41, 5.74) is 1.26. The molecule has 24 heavy (non-hydrogen) atoms. The first-order valence-electron chi connectivity index (χ1n) is 7.07. The van der Waals surface area contributed by atoms with Crippen molar-refractivity contribution in [2.24, 2.45) is 0 Å². The van der Waals surface area contributed by atoms with Gasteiger partial charge in [-0.05, 0) is 23.3 Å². The maximum atomic E-state index is 12.1. The highest BCUT2D eigenvalue weighted by Crippen LogP contribution is 2.23. The summed E-state index contributed by atoms with van der Waals surface area (Å²) in [6, 6.07) is 13.9. The second-order valence-corrected chi connectivity index (χ2v) is 5.00. The number of carbonyl (C=O) groups excluding carboxylic acids is 1. The Balaban J connectivity index is 1.84. The van der Waals surface area contributed by atoms with E-state index in [4.69, 9.17) is 4.74 Å². The van der Waals surface area contributed by atoms with Crippen LogP contribution < -0.4 is 4.74 Å². The molecule has 0 saturated heterocycles. The fourth-order valence-electron chi connectivity index (χ4n) is 1.96. The molecular formula is C17H15F3O4. The molecule has 0 amide bonds. The van der Waals surface area contributed by atoms with Crippen LogP contribution >= 0.6 is 0 Å². The van der Waals surface area contributed by atoms with Crippen molar-refractivity contribution in [1.82, 2.24) is 0 Å². The molecule has 0 radical (unpaired) electrons. The number of alkyl halides is 3. The summed E-state index contributed by atoms with van der Waals surface area (Å²) in [7, 11) is 0. The Morgan fingerprint density at radius 1 is 1.00 bits per heavy atom. The van der Waals surface area contributed by atoms with Gasteiger partial charge in [-0.15, -0.1) is 13.2 Å². The predicted octanol–water partition coefficient (Wildman–Crippen LogP) is 3.23. The first-order valence-corrected chi connectivity index (χ1v) is 7.07. The van der Waals surface area contributed by atoms with E-state index in [1.807, 2.05) is 6.07 Å². The lowest BCUT2D eigenvalue weighted by molar-refractivity contribution is -0.274. The highest BCUT2D eigenvalue weighted by atomic mass is 19.4. The zero-order valence-electron chi connectivity index (χ0n) is 12.5. The van der Waals surface area contributed by atoms with Crippen LogP contribution in [-0.4, -0.2) is 23.5 Å². The molecule has 0 aliphatic rings. The summed E-state index contributed by atoms with van der Waals surface area (Å²) in [6.07, 6.45) is -6.23. The lowest BCUT2D eigenvalue weighted by Gasteiger charge is -2.12. The summed E-state index contributed by atoms with van der Waals surface area (Å²) in [5.74, 6) is -1.16. The van der Waals surface area contributed by atoms with Gasteiger partial charge in [0.1, 0.15) is 12.4 Å². The number of aliphatic hydroxyl groups excluding tert-OH is 1. The Bertz CT molecular complexity index is 654. The molecule has 0 bridgehead atoms. The summed E-state index contributed by atoms with van der Waals surface area (Å²) >= 11 is 0. The van der Waals surface area contributed by atoms with E-state index < -0.39 is 18.4 Å². The van der Waals surface area contributed by atoms with Crippen molar-refractivity contribution in [3.05, 3.63) is 65.7 Å².